The third-order valence-electron chi connectivity index (χ3n) is 1.69. The average Bonchev–Trinajstić information content (AvgIpc) is 2.20. The van der Waals surface area contributed by atoms with E-state index in [0.29, 0.717) is 5.69 Å². The normalized spacial score (nSPS) is 9.53. The molecule has 0 bridgehead atoms. The zero-order valence-corrected chi connectivity index (χ0v) is 9.46. The number of nitrogens with zero attached hydrogens (tertiary/aromatic N) is 2. The van der Waals surface area contributed by atoms with E-state index in [9.17, 15) is 8.78 Å². The first-order chi connectivity index (χ1) is 7.02. The molecule has 2 N–H and O–H groups in total. The summed E-state index contributed by atoms with van der Waals surface area (Å²) in [6.07, 6.45) is -1.12. The molecule has 86 valence electrons. The van der Waals surface area contributed by atoms with Gasteiger partial charge in [-0.15, -0.1) is 0 Å². The van der Waals surface area contributed by atoms with Gasteiger partial charge >= 0.3 is 0 Å². The van der Waals surface area contributed by atoms with Crippen LogP contribution in [0.5, 0.6) is 0 Å². The molecule has 0 unspecified atom stereocenters. The molecule has 1 rings (SSSR count). The van der Waals surface area contributed by atoms with E-state index in [4.69, 9.17) is 5.73 Å². The summed E-state index contributed by atoms with van der Waals surface area (Å²) >= 11 is 0. The average molecular weight is 217 g/mol. The number of nitrogen functional groups attached to an aromatic ring is 1. The number of halogens is 2. The van der Waals surface area contributed by atoms with Crippen LogP contribution >= 0.6 is 0 Å². The quantitative estimate of drug-likeness (QED) is 0.828. The highest BCUT2D eigenvalue weighted by Gasteiger charge is 2.13. The van der Waals surface area contributed by atoms with Crippen LogP contribution in [0, 0.1) is 0 Å². The van der Waals surface area contributed by atoms with Crippen molar-refractivity contribution in [2.45, 2.75) is 20.3 Å². The highest BCUT2D eigenvalue weighted by Crippen LogP contribution is 2.26. The Bertz CT molecular complexity index is 301. The SMILES string of the molecule is CC.CN(C)c1cnc(N)c(C(F)F)c1. The number of alkyl halides is 2. The van der Waals surface area contributed by atoms with Crippen LogP contribution < -0.4 is 10.6 Å². The van der Waals surface area contributed by atoms with Crippen LogP contribution in [-0.4, -0.2) is 19.1 Å². The van der Waals surface area contributed by atoms with E-state index in [1.54, 1.807) is 19.0 Å². The number of hydrogen-bond acceptors (Lipinski definition) is 3. The number of nitrogens with two attached hydrogens (primary N) is 1. The van der Waals surface area contributed by atoms with Crippen molar-refractivity contribution in [2.75, 3.05) is 24.7 Å². The molecular formula is C10H17F2N3. The van der Waals surface area contributed by atoms with Crippen molar-refractivity contribution in [3.63, 3.8) is 0 Å². The topological polar surface area (TPSA) is 42.2 Å². The maximum absolute atomic E-state index is 12.3. The lowest BCUT2D eigenvalue weighted by atomic mass is 10.2. The van der Waals surface area contributed by atoms with Gasteiger partial charge in [-0.05, 0) is 6.07 Å². The Morgan fingerprint density at radius 2 is 1.87 bits per heavy atom. The Hall–Kier alpha value is -1.39. The number of aromatic nitrogens is 1. The van der Waals surface area contributed by atoms with E-state index in [1.165, 1.54) is 12.3 Å². The van der Waals surface area contributed by atoms with Gasteiger partial charge in [0.2, 0.25) is 0 Å². The highest BCUT2D eigenvalue weighted by molar-refractivity contribution is 5.52. The van der Waals surface area contributed by atoms with Crippen molar-refractivity contribution in [3.05, 3.63) is 17.8 Å². The standard InChI is InChI=1S/C8H11F2N3.C2H6/c1-13(2)5-3-6(7(9)10)8(11)12-4-5;1-2/h3-4,7H,1-2H3,(H2,11,12);1-2H3. The van der Waals surface area contributed by atoms with Crippen LogP contribution in [0.15, 0.2) is 12.3 Å². The van der Waals surface area contributed by atoms with Crippen molar-refractivity contribution >= 4 is 11.5 Å². The molecule has 0 saturated heterocycles. The second-order valence-electron chi connectivity index (χ2n) is 2.86. The molecule has 15 heavy (non-hydrogen) atoms. The van der Waals surface area contributed by atoms with Gasteiger partial charge in [-0.25, -0.2) is 13.8 Å². The minimum absolute atomic E-state index is 0.111. The maximum atomic E-state index is 12.3. The molecule has 3 nitrogen and oxygen atoms in total. The minimum Gasteiger partial charge on any atom is -0.383 e. The van der Waals surface area contributed by atoms with E-state index >= 15 is 0 Å². The molecule has 0 aliphatic heterocycles. The van der Waals surface area contributed by atoms with Gasteiger partial charge in [0.05, 0.1) is 17.4 Å². The second-order valence-corrected chi connectivity index (χ2v) is 2.86. The molecule has 0 spiro atoms. The minimum atomic E-state index is -2.58. The molecule has 0 saturated carbocycles. The zero-order valence-electron chi connectivity index (χ0n) is 9.46. The Kier molecular flexibility index (Phi) is 5.59. The fourth-order valence-electron chi connectivity index (χ4n) is 0.900. The Balaban J connectivity index is 0.000000921. The van der Waals surface area contributed by atoms with Gasteiger partial charge in [0.1, 0.15) is 5.82 Å². The molecule has 0 radical (unpaired) electrons. The third-order valence-corrected chi connectivity index (χ3v) is 1.69. The van der Waals surface area contributed by atoms with Gasteiger partial charge in [0.25, 0.3) is 6.43 Å². The number of anilines is 2. The molecule has 0 amide bonds. The number of rotatable bonds is 2. The van der Waals surface area contributed by atoms with Crippen LogP contribution in [0.4, 0.5) is 20.3 Å². The smallest absolute Gasteiger partial charge is 0.267 e. The molecule has 1 heterocycles. The monoisotopic (exact) mass is 217 g/mol. The lowest BCUT2D eigenvalue weighted by Gasteiger charge is -2.13. The highest BCUT2D eigenvalue weighted by atomic mass is 19.3. The summed E-state index contributed by atoms with van der Waals surface area (Å²) in [7, 11) is 3.50. The van der Waals surface area contributed by atoms with Crippen molar-refractivity contribution < 1.29 is 8.78 Å². The zero-order chi connectivity index (χ0) is 12.0. The first-order valence-electron chi connectivity index (χ1n) is 4.73. The summed E-state index contributed by atoms with van der Waals surface area (Å²) in [5, 5.41) is 0. The Morgan fingerprint density at radius 1 is 1.33 bits per heavy atom. The van der Waals surface area contributed by atoms with E-state index in [2.05, 4.69) is 4.98 Å². The maximum Gasteiger partial charge on any atom is 0.267 e. The third kappa shape index (κ3) is 3.69. The van der Waals surface area contributed by atoms with Gasteiger partial charge in [-0.1, -0.05) is 13.8 Å². The van der Waals surface area contributed by atoms with Crippen molar-refractivity contribution in [2.24, 2.45) is 0 Å². The summed E-state index contributed by atoms with van der Waals surface area (Å²) < 4.78 is 24.7. The summed E-state index contributed by atoms with van der Waals surface area (Å²) in [5.41, 5.74) is 5.68. The summed E-state index contributed by atoms with van der Waals surface area (Å²) in [6.45, 7) is 4.00. The van der Waals surface area contributed by atoms with Gasteiger partial charge in [0.15, 0.2) is 0 Å². The molecule has 0 aliphatic carbocycles. The summed E-state index contributed by atoms with van der Waals surface area (Å²) in [5.74, 6) is -0.111. The molecule has 0 aliphatic rings. The first-order valence-corrected chi connectivity index (χ1v) is 4.73. The molecule has 5 heteroatoms. The van der Waals surface area contributed by atoms with E-state index < -0.39 is 6.43 Å². The molecule has 0 fully saturated rings. The number of hydrogen-bond donors (Lipinski definition) is 1. The first kappa shape index (κ1) is 13.6. The molecule has 1 aromatic rings. The van der Waals surface area contributed by atoms with Crippen LogP contribution in [0.25, 0.3) is 0 Å². The summed E-state index contributed by atoms with van der Waals surface area (Å²) in [6, 6.07) is 1.34. The number of pyridine rings is 1. The molecule has 0 atom stereocenters. The van der Waals surface area contributed by atoms with Crippen LogP contribution in [0.2, 0.25) is 0 Å². The largest absolute Gasteiger partial charge is 0.383 e. The Labute approximate surface area is 88.9 Å². The van der Waals surface area contributed by atoms with E-state index in [0.717, 1.165) is 0 Å². The van der Waals surface area contributed by atoms with E-state index in [-0.39, 0.29) is 11.4 Å². The predicted molar refractivity (Wildman–Crippen MR) is 59.3 cm³/mol. The van der Waals surface area contributed by atoms with Gasteiger partial charge in [-0.3, -0.25) is 0 Å². The van der Waals surface area contributed by atoms with Crippen LogP contribution in [-0.2, 0) is 0 Å². The van der Waals surface area contributed by atoms with Crippen molar-refractivity contribution in [3.8, 4) is 0 Å². The van der Waals surface area contributed by atoms with Crippen molar-refractivity contribution in [1.29, 1.82) is 0 Å². The van der Waals surface area contributed by atoms with Crippen LogP contribution in [0.1, 0.15) is 25.8 Å². The fraction of sp³-hybridized carbons (Fsp3) is 0.500. The van der Waals surface area contributed by atoms with Gasteiger partial charge in [-0.2, -0.15) is 0 Å². The molecular weight excluding hydrogens is 200 g/mol. The molecule has 0 aromatic carbocycles. The van der Waals surface area contributed by atoms with E-state index in [1.807, 2.05) is 13.8 Å². The van der Waals surface area contributed by atoms with Gasteiger partial charge < -0.3 is 10.6 Å². The van der Waals surface area contributed by atoms with Gasteiger partial charge in [0, 0.05) is 14.1 Å². The second kappa shape index (κ2) is 6.16. The fourth-order valence-corrected chi connectivity index (χ4v) is 0.900. The lowest BCUT2D eigenvalue weighted by Crippen LogP contribution is -2.10. The Morgan fingerprint density at radius 3 is 2.27 bits per heavy atom. The lowest BCUT2D eigenvalue weighted by molar-refractivity contribution is 0.152. The summed E-state index contributed by atoms with van der Waals surface area (Å²) in [4.78, 5) is 5.37. The molecule has 1 aromatic heterocycles. The van der Waals surface area contributed by atoms with Crippen LogP contribution in [0.3, 0.4) is 0 Å². The van der Waals surface area contributed by atoms with Crippen molar-refractivity contribution in [1.82, 2.24) is 4.98 Å². The predicted octanol–water partition coefficient (Wildman–Crippen LogP) is 2.69.